The molecule has 0 radical (unpaired) electrons. The van der Waals surface area contributed by atoms with Crippen molar-refractivity contribution in [1.82, 2.24) is 9.80 Å². The average molecular weight is 1410 g/mol. The highest BCUT2D eigenvalue weighted by atomic mass is 79.9. The third-order valence-corrected chi connectivity index (χ3v) is 21.4. The summed E-state index contributed by atoms with van der Waals surface area (Å²) in [7, 11) is 0. The maximum absolute atomic E-state index is 13.1. The zero-order valence-electron chi connectivity index (χ0n) is 60.4. The largest absolute Gasteiger partial charge is 0.705 e. The SMILES string of the molecule is C=C(C)C[C@]1(c2ccccc2)CCN([C@@H](C)c2ccc(Br)cc2)C(=O)O1.CC(C)(C)c1cc2c(c(C(C)(C)C)c1)OC13Oc4c(cc(C(C)(C)C)cc4C(C)(C)C)C=[N+]1C(C)(C)C(C)(C)[N+]3=C2.C[C@@H](c1ccc(Br)cc1)N1CC[C@](CC(C)(C)C#N)(c2ccccc2)OC1=O. The van der Waals surface area contributed by atoms with E-state index in [1.54, 1.807) is 4.90 Å². The van der Waals surface area contributed by atoms with Crippen LogP contribution in [0.4, 0.5) is 9.59 Å². The molecule has 3 saturated heterocycles. The monoisotopic (exact) mass is 1410 g/mol. The van der Waals surface area contributed by atoms with Gasteiger partial charge in [-0.25, -0.2) is 9.59 Å². The second-order valence-electron chi connectivity index (χ2n) is 32.9. The summed E-state index contributed by atoms with van der Waals surface area (Å²) in [5.74, 6) is 1.83. The van der Waals surface area contributed by atoms with Gasteiger partial charge in [-0.05, 0) is 126 Å². The molecule has 11 rings (SSSR count). The smallest absolute Gasteiger partial charge is 0.438 e. The number of nitrogens with zero attached hydrogens (tertiary/aromatic N) is 5. The Morgan fingerprint density at radius 3 is 1.24 bits per heavy atom. The zero-order chi connectivity index (χ0) is 70.0. The van der Waals surface area contributed by atoms with E-state index in [0.29, 0.717) is 32.4 Å². The van der Waals surface area contributed by atoms with Crippen LogP contribution >= 0.6 is 31.9 Å². The quantitative estimate of drug-likeness (QED) is 0.0993. The van der Waals surface area contributed by atoms with Crippen LogP contribution in [0.2, 0.25) is 0 Å². The van der Waals surface area contributed by atoms with E-state index in [1.165, 1.54) is 22.3 Å². The number of nitriles is 1. The Kier molecular flexibility index (Phi) is 19.9. The molecule has 0 aromatic heterocycles. The summed E-state index contributed by atoms with van der Waals surface area (Å²) >= 11 is 6.90. The van der Waals surface area contributed by atoms with E-state index < -0.39 is 22.7 Å². The highest BCUT2D eigenvalue weighted by Crippen LogP contribution is 2.54. The van der Waals surface area contributed by atoms with Crippen LogP contribution in [0.25, 0.3) is 0 Å². The van der Waals surface area contributed by atoms with Crippen molar-refractivity contribution in [2.75, 3.05) is 13.1 Å². The molecule has 0 bridgehead atoms. The van der Waals surface area contributed by atoms with Crippen molar-refractivity contribution in [3.05, 3.63) is 210 Å². The topological polar surface area (TPSA) is 107 Å². The molecule has 504 valence electrons. The molecule has 5 aliphatic rings. The van der Waals surface area contributed by atoms with Crippen molar-refractivity contribution in [1.29, 1.82) is 5.26 Å². The van der Waals surface area contributed by atoms with Gasteiger partial charge in [-0.1, -0.05) is 233 Å². The molecule has 2 amide bonds. The Hall–Kier alpha value is -7.01. The second-order valence-corrected chi connectivity index (χ2v) is 34.7. The van der Waals surface area contributed by atoms with Crippen LogP contribution in [0.5, 0.6) is 11.5 Å². The molecule has 0 unspecified atom stereocenters. The minimum absolute atomic E-state index is 0.0181. The molecule has 0 aliphatic carbocycles. The fourth-order valence-corrected chi connectivity index (χ4v) is 14.4. The van der Waals surface area contributed by atoms with Gasteiger partial charge < -0.3 is 28.7 Å². The lowest BCUT2D eigenvalue weighted by Gasteiger charge is -2.45. The minimum atomic E-state index is -1.14. The van der Waals surface area contributed by atoms with Gasteiger partial charge in [0.05, 0.1) is 34.7 Å². The van der Waals surface area contributed by atoms with E-state index in [4.69, 9.17) is 18.9 Å². The number of hydrogen-bond donors (Lipinski definition) is 0. The number of carbonyl (C=O) groups excluding carboxylic acids is 2. The summed E-state index contributed by atoms with van der Waals surface area (Å²) in [6, 6.07) is 46.3. The Morgan fingerprint density at radius 1 is 0.547 bits per heavy atom. The van der Waals surface area contributed by atoms with E-state index in [2.05, 4.69) is 201 Å². The van der Waals surface area contributed by atoms with Gasteiger partial charge in [-0.2, -0.15) is 5.26 Å². The summed E-state index contributed by atoms with van der Waals surface area (Å²) in [4.78, 5) is 29.5. The van der Waals surface area contributed by atoms with E-state index in [9.17, 15) is 14.9 Å². The van der Waals surface area contributed by atoms with Crippen molar-refractivity contribution in [3.8, 4) is 17.6 Å². The van der Waals surface area contributed by atoms with Gasteiger partial charge in [0.15, 0.2) is 23.9 Å². The molecule has 6 aromatic carbocycles. The van der Waals surface area contributed by atoms with Gasteiger partial charge in [0.2, 0.25) is 11.1 Å². The molecule has 5 aliphatic heterocycles. The lowest BCUT2D eigenvalue weighted by atomic mass is 9.75. The van der Waals surface area contributed by atoms with Crippen LogP contribution < -0.4 is 9.47 Å². The normalized spacial score (nSPS) is 20.8. The van der Waals surface area contributed by atoms with Gasteiger partial charge in [0.1, 0.15) is 11.2 Å². The highest BCUT2D eigenvalue weighted by Gasteiger charge is 2.83. The molecule has 11 nitrogen and oxygen atoms in total. The summed E-state index contributed by atoms with van der Waals surface area (Å²) in [5, 5.41) is 9.56. The van der Waals surface area contributed by atoms with Crippen LogP contribution in [0.15, 0.2) is 155 Å². The first kappa shape index (κ1) is 72.3. The van der Waals surface area contributed by atoms with Crippen LogP contribution in [0, 0.1) is 16.7 Å². The summed E-state index contributed by atoms with van der Waals surface area (Å²) in [5.41, 5.74) is 9.62. The van der Waals surface area contributed by atoms with E-state index in [1.807, 2.05) is 149 Å². The van der Waals surface area contributed by atoms with Gasteiger partial charge in [0.25, 0.3) is 0 Å². The van der Waals surface area contributed by atoms with E-state index in [-0.39, 0.29) is 57.0 Å². The number of amides is 2. The average Bonchev–Trinajstić information content (AvgIpc) is 1.63. The van der Waals surface area contributed by atoms with Crippen LogP contribution in [-0.4, -0.2) is 73.8 Å². The summed E-state index contributed by atoms with van der Waals surface area (Å²) in [6.07, 6.45) is 6.52. The molecule has 4 atom stereocenters. The number of carbonyl (C=O) groups is 2. The number of hydrogen-bond acceptors (Lipinski definition) is 7. The zero-order valence-corrected chi connectivity index (χ0v) is 63.6. The maximum Gasteiger partial charge on any atom is 0.705 e. The first-order valence-electron chi connectivity index (χ1n) is 33.7. The molecule has 13 heteroatoms. The van der Waals surface area contributed by atoms with Crippen molar-refractivity contribution in [2.24, 2.45) is 5.41 Å². The number of fused-ring (bicyclic) bond motifs is 2. The Bertz CT molecular complexity index is 3850. The van der Waals surface area contributed by atoms with Gasteiger partial charge in [0, 0.05) is 86.5 Å². The molecule has 6 aromatic rings. The molecule has 0 N–H and O–H groups in total. The first-order chi connectivity index (χ1) is 44.0. The first-order valence-corrected chi connectivity index (χ1v) is 35.3. The van der Waals surface area contributed by atoms with Crippen LogP contribution in [0.1, 0.15) is 239 Å². The Morgan fingerprint density at radius 2 is 0.905 bits per heavy atom. The number of ether oxygens (including phenoxy) is 4. The maximum atomic E-state index is 13.1. The van der Waals surface area contributed by atoms with E-state index in [0.717, 1.165) is 65.8 Å². The van der Waals surface area contributed by atoms with Crippen molar-refractivity contribution < 1.29 is 37.7 Å². The number of halogens is 2. The predicted octanol–water partition coefficient (Wildman–Crippen LogP) is 20.8. The third kappa shape index (κ3) is 14.5. The number of rotatable bonds is 10. The fourth-order valence-electron chi connectivity index (χ4n) is 13.8. The summed E-state index contributed by atoms with van der Waals surface area (Å²) in [6.45, 7) is 51.7. The van der Waals surface area contributed by atoms with Crippen molar-refractivity contribution in [2.45, 2.75) is 233 Å². The molecule has 3 fully saturated rings. The highest BCUT2D eigenvalue weighted by molar-refractivity contribution is 9.10. The lowest BCUT2D eigenvalue weighted by molar-refractivity contribution is -0.875. The predicted molar refractivity (Wildman–Crippen MR) is 391 cm³/mol. The molecule has 1 spiro atoms. The van der Waals surface area contributed by atoms with Crippen molar-refractivity contribution >= 4 is 56.5 Å². The molecular weight excluding hydrogens is 1310 g/mol. The standard InChI is InChI=1S/C37H54N2O2.C23H25BrN2O2.C22H24BrNO2/c1-31(2,3)25-17-23-21-38-35(13,14)36(15,16)39-22-24-18-26(32(4,5)6)20-28(34(10,11)12)30(24)41-37(38,39)40-29(23)27(19-25)33(7,8)9;1-17(18-9-11-20(24)12-10-18)26-14-13-23(28-21(26)27,15-22(2,3)16-25)19-7-5-4-6-8-19;1-16(2)15-22(19-7-5-4-6-8-19)13-14-24(21(25)26-22)17(3)18-9-11-20(23)12-10-18/h17-22H,1-16H3;4-12,17H,13-15H2,1-3H3;4-12,17H,1,13-15H2,2-3H3/q+2;;/t;17-,23-;17-,22-/m.00/s1. The Balaban J connectivity index is 0.000000174. The third-order valence-electron chi connectivity index (χ3n) is 20.3. The number of cyclic esters (lactones) is 2. The minimum Gasteiger partial charge on any atom is -0.438 e. The van der Waals surface area contributed by atoms with Crippen LogP contribution in [-0.2, 0) is 42.3 Å². The molecular formula is C82H103Br2N5O6+2. The molecule has 5 heterocycles. The second kappa shape index (κ2) is 26.1. The van der Waals surface area contributed by atoms with Crippen molar-refractivity contribution in [3.63, 3.8) is 0 Å². The fraction of sp³-hybridized carbons (Fsp3) is 0.476. The molecule has 95 heavy (non-hydrogen) atoms. The van der Waals surface area contributed by atoms with Gasteiger partial charge in [-0.3, -0.25) is 0 Å². The van der Waals surface area contributed by atoms with Gasteiger partial charge in [-0.15, -0.1) is 0 Å². The Labute approximate surface area is 584 Å². The van der Waals surface area contributed by atoms with E-state index >= 15 is 0 Å². The molecule has 0 saturated carbocycles. The summed E-state index contributed by atoms with van der Waals surface area (Å²) < 4.78 is 33.5. The number of benzene rings is 6. The van der Waals surface area contributed by atoms with Gasteiger partial charge >= 0.3 is 18.2 Å². The van der Waals surface area contributed by atoms with Crippen LogP contribution in [0.3, 0.4) is 0 Å². The lowest BCUT2D eigenvalue weighted by Crippen LogP contribution is -2.61.